The Kier molecular flexibility index (Phi) is 4.75. The second-order valence-corrected chi connectivity index (χ2v) is 4.23. The highest BCUT2D eigenvalue weighted by molar-refractivity contribution is 5.23. The minimum atomic E-state index is -0.0223. The van der Waals surface area contributed by atoms with Gasteiger partial charge in [-0.2, -0.15) is 0 Å². The molecular weight excluding hydrogens is 240 g/mol. The molecule has 0 aliphatic heterocycles. The number of hydrogen-bond donors (Lipinski definition) is 1. The van der Waals surface area contributed by atoms with Gasteiger partial charge in [0.25, 0.3) is 0 Å². The van der Waals surface area contributed by atoms with Crippen LogP contribution in [-0.2, 0) is 0 Å². The summed E-state index contributed by atoms with van der Waals surface area (Å²) >= 11 is 0. The zero-order chi connectivity index (χ0) is 13.5. The van der Waals surface area contributed by atoms with Crippen LogP contribution in [0, 0.1) is 0 Å². The average Bonchev–Trinajstić information content (AvgIpc) is 2.45. The van der Waals surface area contributed by atoms with Crippen molar-refractivity contribution in [1.29, 1.82) is 0 Å². The number of nitrogens with zero attached hydrogens (tertiary/aromatic N) is 1. The van der Waals surface area contributed by atoms with Crippen LogP contribution in [0.1, 0.15) is 18.5 Å². The van der Waals surface area contributed by atoms with Crippen molar-refractivity contribution in [2.75, 3.05) is 13.2 Å². The van der Waals surface area contributed by atoms with Crippen molar-refractivity contribution in [2.24, 2.45) is 5.73 Å². The van der Waals surface area contributed by atoms with E-state index in [2.05, 4.69) is 4.98 Å². The number of para-hydroxylation sites is 1. The van der Waals surface area contributed by atoms with Gasteiger partial charge in [-0.3, -0.25) is 0 Å². The largest absolute Gasteiger partial charge is 0.490 e. The van der Waals surface area contributed by atoms with Crippen LogP contribution < -0.4 is 15.2 Å². The molecule has 1 aromatic heterocycles. The van der Waals surface area contributed by atoms with Gasteiger partial charge in [0.05, 0.1) is 0 Å². The second kappa shape index (κ2) is 6.75. The Morgan fingerprint density at radius 2 is 1.84 bits per heavy atom. The topological polar surface area (TPSA) is 57.4 Å². The molecule has 0 fully saturated rings. The van der Waals surface area contributed by atoms with Crippen LogP contribution in [0.2, 0.25) is 0 Å². The standard InChI is InChI=1S/C15H18N2O2/c1-12(16)13-7-8-17-15(11-13)19-10-9-18-14-5-3-2-4-6-14/h2-8,11-12H,9-10,16H2,1H3/t12-/m1/s1. The minimum Gasteiger partial charge on any atom is -0.490 e. The summed E-state index contributed by atoms with van der Waals surface area (Å²) in [5.41, 5.74) is 6.81. The Hall–Kier alpha value is -2.07. The van der Waals surface area contributed by atoms with Gasteiger partial charge in [0.1, 0.15) is 19.0 Å². The Morgan fingerprint density at radius 1 is 1.11 bits per heavy atom. The lowest BCUT2D eigenvalue weighted by molar-refractivity contribution is 0.212. The van der Waals surface area contributed by atoms with Gasteiger partial charge in [-0.1, -0.05) is 18.2 Å². The van der Waals surface area contributed by atoms with Crippen LogP contribution in [0.25, 0.3) is 0 Å². The first-order chi connectivity index (χ1) is 9.25. The lowest BCUT2D eigenvalue weighted by Crippen LogP contribution is -2.10. The third kappa shape index (κ3) is 4.26. The van der Waals surface area contributed by atoms with Crippen LogP contribution in [0.4, 0.5) is 0 Å². The molecule has 1 aromatic carbocycles. The Labute approximate surface area is 113 Å². The van der Waals surface area contributed by atoms with E-state index in [1.54, 1.807) is 6.20 Å². The first-order valence-corrected chi connectivity index (χ1v) is 6.28. The van der Waals surface area contributed by atoms with E-state index in [0.717, 1.165) is 11.3 Å². The second-order valence-electron chi connectivity index (χ2n) is 4.23. The molecule has 0 bridgehead atoms. The van der Waals surface area contributed by atoms with Crippen molar-refractivity contribution in [3.8, 4) is 11.6 Å². The summed E-state index contributed by atoms with van der Waals surface area (Å²) in [4.78, 5) is 4.13. The van der Waals surface area contributed by atoms with E-state index >= 15 is 0 Å². The third-order valence-electron chi connectivity index (χ3n) is 2.63. The summed E-state index contributed by atoms with van der Waals surface area (Å²) in [6.07, 6.45) is 1.70. The number of ether oxygens (including phenoxy) is 2. The fraction of sp³-hybridized carbons (Fsp3) is 0.267. The zero-order valence-corrected chi connectivity index (χ0v) is 11.0. The van der Waals surface area contributed by atoms with Crippen molar-refractivity contribution in [2.45, 2.75) is 13.0 Å². The molecule has 0 saturated carbocycles. The van der Waals surface area contributed by atoms with Gasteiger partial charge in [0.2, 0.25) is 5.88 Å². The van der Waals surface area contributed by atoms with Crippen LogP contribution in [0.15, 0.2) is 48.7 Å². The monoisotopic (exact) mass is 258 g/mol. The predicted molar refractivity (Wildman–Crippen MR) is 74.3 cm³/mol. The summed E-state index contributed by atoms with van der Waals surface area (Å²) in [6.45, 7) is 2.86. The van der Waals surface area contributed by atoms with Gasteiger partial charge < -0.3 is 15.2 Å². The molecule has 19 heavy (non-hydrogen) atoms. The van der Waals surface area contributed by atoms with Crippen LogP contribution >= 0.6 is 0 Å². The first kappa shape index (κ1) is 13.4. The quantitative estimate of drug-likeness (QED) is 0.809. The van der Waals surface area contributed by atoms with Gasteiger partial charge in [-0.05, 0) is 30.7 Å². The number of benzene rings is 1. The Balaban J connectivity index is 1.78. The van der Waals surface area contributed by atoms with Gasteiger partial charge in [0, 0.05) is 18.3 Å². The highest BCUT2D eigenvalue weighted by Gasteiger charge is 2.02. The SMILES string of the molecule is C[C@@H](N)c1ccnc(OCCOc2ccccc2)c1. The van der Waals surface area contributed by atoms with Crippen molar-refractivity contribution in [1.82, 2.24) is 4.98 Å². The van der Waals surface area contributed by atoms with Gasteiger partial charge in [-0.15, -0.1) is 0 Å². The molecule has 0 radical (unpaired) electrons. The minimum absolute atomic E-state index is 0.0223. The van der Waals surface area contributed by atoms with Gasteiger partial charge >= 0.3 is 0 Å². The van der Waals surface area contributed by atoms with Crippen LogP contribution in [0.5, 0.6) is 11.6 Å². The molecule has 2 N–H and O–H groups in total. The lowest BCUT2D eigenvalue weighted by Gasteiger charge is -2.09. The molecule has 4 heteroatoms. The molecule has 0 aliphatic rings. The van der Waals surface area contributed by atoms with E-state index in [0.29, 0.717) is 19.1 Å². The average molecular weight is 258 g/mol. The molecule has 0 saturated heterocycles. The molecule has 2 rings (SSSR count). The number of rotatable bonds is 6. The molecule has 1 atom stereocenters. The maximum Gasteiger partial charge on any atom is 0.213 e. The summed E-state index contributed by atoms with van der Waals surface area (Å²) < 4.78 is 11.1. The first-order valence-electron chi connectivity index (χ1n) is 6.28. The van der Waals surface area contributed by atoms with Crippen molar-refractivity contribution >= 4 is 0 Å². The zero-order valence-electron chi connectivity index (χ0n) is 11.0. The predicted octanol–water partition coefficient (Wildman–Crippen LogP) is 2.56. The molecule has 0 amide bonds. The summed E-state index contributed by atoms with van der Waals surface area (Å²) in [7, 11) is 0. The van der Waals surface area contributed by atoms with Crippen molar-refractivity contribution in [3.05, 3.63) is 54.2 Å². The lowest BCUT2D eigenvalue weighted by atomic mass is 10.1. The normalized spacial score (nSPS) is 11.9. The molecule has 4 nitrogen and oxygen atoms in total. The van der Waals surface area contributed by atoms with E-state index in [1.165, 1.54) is 0 Å². The van der Waals surface area contributed by atoms with E-state index in [-0.39, 0.29) is 6.04 Å². The summed E-state index contributed by atoms with van der Waals surface area (Å²) in [6, 6.07) is 13.4. The number of nitrogens with two attached hydrogens (primary N) is 1. The number of pyridine rings is 1. The van der Waals surface area contributed by atoms with E-state index in [4.69, 9.17) is 15.2 Å². The number of aromatic nitrogens is 1. The molecule has 0 unspecified atom stereocenters. The molecule has 2 aromatic rings. The molecule has 0 spiro atoms. The summed E-state index contributed by atoms with van der Waals surface area (Å²) in [5, 5.41) is 0. The summed E-state index contributed by atoms with van der Waals surface area (Å²) in [5.74, 6) is 1.41. The third-order valence-corrected chi connectivity index (χ3v) is 2.63. The highest BCUT2D eigenvalue weighted by Crippen LogP contribution is 2.14. The van der Waals surface area contributed by atoms with E-state index in [1.807, 2.05) is 49.4 Å². The van der Waals surface area contributed by atoms with Gasteiger partial charge in [0.15, 0.2) is 0 Å². The van der Waals surface area contributed by atoms with E-state index in [9.17, 15) is 0 Å². The highest BCUT2D eigenvalue weighted by atomic mass is 16.5. The van der Waals surface area contributed by atoms with E-state index < -0.39 is 0 Å². The molecule has 1 heterocycles. The van der Waals surface area contributed by atoms with Crippen LogP contribution in [0.3, 0.4) is 0 Å². The van der Waals surface area contributed by atoms with Crippen LogP contribution in [-0.4, -0.2) is 18.2 Å². The van der Waals surface area contributed by atoms with Crippen molar-refractivity contribution < 1.29 is 9.47 Å². The maximum atomic E-state index is 5.81. The Morgan fingerprint density at radius 3 is 2.58 bits per heavy atom. The maximum absolute atomic E-state index is 5.81. The molecular formula is C15H18N2O2. The molecule has 0 aliphatic carbocycles. The fourth-order valence-corrected chi connectivity index (χ4v) is 1.61. The molecule has 100 valence electrons. The smallest absolute Gasteiger partial charge is 0.213 e. The van der Waals surface area contributed by atoms with Crippen molar-refractivity contribution in [3.63, 3.8) is 0 Å². The number of hydrogen-bond acceptors (Lipinski definition) is 4. The fourth-order valence-electron chi connectivity index (χ4n) is 1.61. The Bertz CT molecular complexity index is 501. The van der Waals surface area contributed by atoms with Gasteiger partial charge in [-0.25, -0.2) is 4.98 Å².